The van der Waals surface area contributed by atoms with Gasteiger partial charge in [-0.2, -0.15) is 0 Å². The average molecular weight is 404 g/mol. The number of nitrogens with two attached hydrogens (primary N) is 3. The van der Waals surface area contributed by atoms with Crippen LogP contribution < -0.4 is 17.2 Å². The number of carbonyl (C=O) groups is 3. The van der Waals surface area contributed by atoms with Gasteiger partial charge in [0.1, 0.15) is 24.2 Å². The minimum absolute atomic E-state index is 0.204. The fourth-order valence-corrected chi connectivity index (χ4v) is 2.66. The molecule has 2 aromatic rings. The monoisotopic (exact) mass is 404 g/mol. The topological polar surface area (TPSA) is 164 Å². The van der Waals surface area contributed by atoms with E-state index in [-0.39, 0.29) is 12.3 Å². The zero-order valence-electron chi connectivity index (χ0n) is 16.8. The molecule has 0 saturated heterocycles. The number of hydrogen-bond acceptors (Lipinski definition) is 8. The van der Waals surface area contributed by atoms with Crippen LogP contribution in [0, 0.1) is 5.92 Å². The summed E-state index contributed by atoms with van der Waals surface area (Å²) >= 11 is 0. The molecule has 0 unspecified atom stereocenters. The lowest BCUT2D eigenvalue weighted by atomic mass is 10.1. The maximum Gasteiger partial charge on any atom is 0.334 e. The summed E-state index contributed by atoms with van der Waals surface area (Å²) in [4.78, 5) is 39.2. The van der Waals surface area contributed by atoms with Crippen molar-refractivity contribution >= 4 is 28.8 Å². The highest BCUT2D eigenvalue weighted by Gasteiger charge is 2.31. The number of H-pyrrole nitrogens is 1. The number of nitrogens with one attached hydrogen (secondary N) is 1. The Morgan fingerprint density at radius 2 is 1.59 bits per heavy atom. The summed E-state index contributed by atoms with van der Waals surface area (Å²) in [5, 5.41) is 0.962. The highest BCUT2D eigenvalue weighted by atomic mass is 16.6. The van der Waals surface area contributed by atoms with E-state index in [0.29, 0.717) is 0 Å². The van der Waals surface area contributed by atoms with Crippen molar-refractivity contribution in [1.29, 1.82) is 0 Å². The molecule has 158 valence electrons. The number of para-hydroxylation sites is 1. The molecule has 9 heteroatoms. The first-order valence-electron chi connectivity index (χ1n) is 9.39. The molecular weight excluding hydrogens is 376 g/mol. The number of ether oxygens (including phenoxy) is 2. The van der Waals surface area contributed by atoms with Gasteiger partial charge in [0.05, 0.1) is 0 Å². The minimum atomic E-state index is -1.34. The molecule has 29 heavy (non-hydrogen) atoms. The van der Waals surface area contributed by atoms with Crippen LogP contribution in [-0.2, 0) is 30.3 Å². The second-order valence-electron chi connectivity index (χ2n) is 7.35. The van der Waals surface area contributed by atoms with Gasteiger partial charge in [-0.05, 0) is 24.5 Å². The number of esters is 3. The van der Waals surface area contributed by atoms with Gasteiger partial charge in [-0.1, -0.05) is 32.0 Å². The summed E-state index contributed by atoms with van der Waals surface area (Å²) < 4.78 is 9.88. The third-order valence-electron chi connectivity index (χ3n) is 4.69. The Hall–Kier alpha value is -2.75. The molecule has 0 aliphatic carbocycles. The third kappa shape index (κ3) is 5.63. The summed E-state index contributed by atoms with van der Waals surface area (Å²) in [5.41, 5.74) is 19.2. The predicted octanol–water partition coefficient (Wildman–Crippen LogP) is 0.350. The van der Waals surface area contributed by atoms with Crippen LogP contribution in [0.5, 0.6) is 0 Å². The molecule has 2 rings (SSSR count). The van der Waals surface area contributed by atoms with Crippen LogP contribution in [0.2, 0.25) is 0 Å². The molecule has 0 fully saturated rings. The van der Waals surface area contributed by atoms with Crippen molar-refractivity contribution < 1.29 is 23.9 Å². The van der Waals surface area contributed by atoms with E-state index in [1.54, 1.807) is 20.0 Å². The van der Waals surface area contributed by atoms with E-state index in [1.807, 2.05) is 24.3 Å². The van der Waals surface area contributed by atoms with Crippen molar-refractivity contribution in [2.75, 3.05) is 0 Å². The summed E-state index contributed by atoms with van der Waals surface area (Å²) in [7, 11) is 0. The lowest BCUT2D eigenvalue weighted by Crippen LogP contribution is -2.48. The van der Waals surface area contributed by atoms with Gasteiger partial charge in [0.2, 0.25) is 0 Å². The Balaban J connectivity index is 1.91. The van der Waals surface area contributed by atoms with Crippen molar-refractivity contribution in [3.05, 3.63) is 36.0 Å². The van der Waals surface area contributed by atoms with Crippen LogP contribution in [0.1, 0.15) is 26.3 Å². The van der Waals surface area contributed by atoms with Crippen LogP contribution in [0.15, 0.2) is 30.5 Å². The van der Waals surface area contributed by atoms with Crippen LogP contribution in [-0.4, -0.2) is 47.1 Å². The molecule has 9 nitrogen and oxygen atoms in total. The van der Waals surface area contributed by atoms with E-state index < -0.39 is 42.1 Å². The van der Waals surface area contributed by atoms with E-state index in [9.17, 15) is 14.4 Å². The lowest BCUT2D eigenvalue weighted by molar-refractivity contribution is -0.165. The molecule has 1 heterocycles. The number of rotatable bonds is 8. The summed E-state index contributed by atoms with van der Waals surface area (Å²) in [6, 6.07) is 4.39. The normalized spacial score (nSPS) is 15.6. The first kappa shape index (κ1) is 22.5. The van der Waals surface area contributed by atoms with E-state index in [2.05, 4.69) is 9.72 Å². The second kappa shape index (κ2) is 9.64. The largest absolute Gasteiger partial charge is 0.459 e. The van der Waals surface area contributed by atoms with Gasteiger partial charge in [0, 0.05) is 23.5 Å². The molecule has 0 saturated carbocycles. The Morgan fingerprint density at radius 3 is 2.24 bits per heavy atom. The molecule has 0 aliphatic heterocycles. The smallest absolute Gasteiger partial charge is 0.334 e. The maximum atomic E-state index is 12.3. The number of fused-ring (bicyclic) bond motifs is 1. The number of aromatic amines is 1. The number of hydrogen-bond donors (Lipinski definition) is 4. The van der Waals surface area contributed by atoms with E-state index in [4.69, 9.17) is 21.9 Å². The highest BCUT2D eigenvalue weighted by Crippen LogP contribution is 2.19. The predicted molar refractivity (Wildman–Crippen MR) is 107 cm³/mol. The molecule has 4 atom stereocenters. The SMILES string of the molecule is CC(C)[C@H](N)C(=O)OC(=O)[C@@H](N)[C@@H](C)OC(=O)[C@@H](N)Cc1c[nH]c2ccccc12. The molecule has 1 aromatic heterocycles. The fraction of sp³-hybridized carbons (Fsp3) is 0.450. The molecule has 0 radical (unpaired) electrons. The van der Waals surface area contributed by atoms with Crippen molar-refractivity contribution in [3.8, 4) is 0 Å². The van der Waals surface area contributed by atoms with Crippen molar-refractivity contribution in [1.82, 2.24) is 4.98 Å². The molecule has 1 aromatic carbocycles. The molecule has 0 amide bonds. The maximum absolute atomic E-state index is 12.3. The number of carbonyl (C=O) groups excluding carboxylic acids is 3. The summed E-state index contributed by atoms with van der Waals surface area (Å²) in [5.74, 6) is -2.81. The van der Waals surface area contributed by atoms with E-state index >= 15 is 0 Å². The first-order valence-corrected chi connectivity index (χ1v) is 9.39. The highest BCUT2D eigenvalue weighted by molar-refractivity contribution is 5.91. The standard InChI is InChI=1S/C20H28N4O5/c1-10(2)16(22)19(26)29-20(27)17(23)11(3)28-18(25)14(21)8-12-9-24-15-7-5-4-6-13(12)15/h4-7,9-11,14,16-17,24H,8,21-23H2,1-3H3/t11-,14+,16+,17+/m1/s1. The zero-order chi connectivity index (χ0) is 21.7. The number of benzene rings is 1. The fourth-order valence-electron chi connectivity index (χ4n) is 2.66. The summed E-state index contributed by atoms with van der Waals surface area (Å²) in [6.45, 7) is 4.86. The Morgan fingerprint density at radius 1 is 0.966 bits per heavy atom. The molecule has 0 bridgehead atoms. The van der Waals surface area contributed by atoms with Crippen molar-refractivity contribution in [3.63, 3.8) is 0 Å². The quantitative estimate of drug-likeness (QED) is 0.361. The van der Waals surface area contributed by atoms with Crippen LogP contribution in [0.3, 0.4) is 0 Å². The molecular formula is C20H28N4O5. The number of aromatic nitrogens is 1. The van der Waals surface area contributed by atoms with Gasteiger partial charge >= 0.3 is 17.9 Å². The Bertz CT molecular complexity index is 879. The van der Waals surface area contributed by atoms with E-state index in [1.165, 1.54) is 6.92 Å². The van der Waals surface area contributed by atoms with Crippen LogP contribution in [0.25, 0.3) is 10.9 Å². The summed E-state index contributed by atoms with van der Waals surface area (Å²) in [6.07, 6.45) is 0.998. The second-order valence-corrected chi connectivity index (χ2v) is 7.35. The average Bonchev–Trinajstić information content (AvgIpc) is 3.09. The van der Waals surface area contributed by atoms with Gasteiger partial charge in [0.25, 0.3) is 0 Å². The van der Waals surface area contributed by atoms with Crippen molar-refractivity contribution in [2.24, 2.45) is 23.1 Å². The molecule has 7 N–H and O–H groups in total. The van der Waals surface area contributed by atoms with Crippen molar-refractivity contribution in [2.45, 2.75) is 51.4 Å². The van der Waals surface area contributed by atoms with Crippen LogP contribution >= 0.6 is 0 Å². The van der Waals surface area contributed by atoms with Gasteiger partial charge in [0.15, 0.2) is 0 Å². The zero-order valence-corrected chi connectivity index (χ0v) is 16.8. The minimum Gasteiger partial charge on any atom is -0.459 e. The van der Waals surface area contributed by atoms with Gasteiger partial charge in [-0.25, -0.2) is 9.59 Å². The van der Waals surface area contributed by atoms with Gasteiger partial charge in [-0.15, -0.1) is 0 Å². The first-order chi connectivity index (χ1) is 13.6. The molecule has 0 aliphatic rings. The lowest BCUT2D eigenvalue weighted by Gasteiger charge is -2.21. The van der Waals surface area contributed by atoms with E-state index in [0.717, 1.165) is 16.5 Å². The third-order valence-corrected chi connectivity index (χ3v) is 4.69. The molecule has 0 spiro atoms. The van der Waals surface area contributed by atoms with Crippen LogP contribution in [0.4, 0.5) is 0 Å². The Kier molecular flexibility index (Phi) is 7.49. The van der Waals surface area contributed by atoms with Gasteiger partial charge < -0.3 is 31.7 Å². The van der Waals surface area contributed by atoms with Gasteiger partial charge in [-0.3, -0.25) is 4.79 Å². The Labute approximate surface area is 168 Å².